The molecule has 0 radical (unpaired) electrons. The molecule has 1 aromatic carbocycles. The van der Waals surface area contributed by atoms with Gasteiger partial charge in [0.2, 0.25) is 0 Å². The highest BCUT2D eigenvalue weighted by molar-refractivity contribution is 7.15. The zero-order valence-corrected chi connectivity index (χ0v) is 10.8. The van der Waals surface area contributed by atoms with Gasteiger partial charge in [-0.05, 0) is 25.5 Å². The molecule has 17 heavy (non-hydrogen) atoms. The number of nitrogens with two attached hydrogens (primary N) is 1. The maximum absolute atomic E-state index is 5.78. The third kappa shape index (κ3) is 3.05. The fourth-order valence-corrected chi connectivity index (χ4v) is 2.66. The third-order valence-corrected chi connectivity index (χ3v) is 3.46. The van der Waals surface area contributed by atoms with Crippen LogP contribution in [0.25, 0.3) is 10.6 Å². The van der Waals surface area contributed by atoms with Gasteiger partial charge >= 0.3 is 0 Å². The van der Waals surface area contributed by atoms with E-state index in [1.54, 1.807) is 18.4 Å². The Morgan fingerprint density at radius 2 is 2.29 bits per heavy atom. The maximum atomic E-state index is 5.78. The summed E-state index contributed by atoms with van der Waals surface area (Å²) in [4.78, 5) is 5.64. The summed E-state index contributed by atoms with van der Waals surface area (Å²) in [6, 6.07) is 8.11. The molecule has 2 N–H and O–H groups in total. The molecular formula is C13H16N2OS. The summed E-state index contributed by atoms with van der Waals surface area (Å²) < 4.78 is 5.20. The normalized spacial score (nSPS) is 12.4. The molecule has 0 aliphatic rings. The molecule has 0 aliphatic carbocycles. The Hall–Kier alpha value is -1.39. The van der Waals surface area contributed by atoms with Crippen molar-refractivity contribution in [2.24, 2.45) is 5.73 Å². The monoisotopic (exact) mass is 248 g/mol. The SMILES string of the molecule is COc1cccc(-c2ncc(CC(C)N)s2)c1. The molecule has 1 unspecified atom stereocenters. The minimum atomic E-state index is 0.175. The zero-order chi connectivity index (χ0) is 12.3. The fourth-order valence-electron chi connectivity index (χ4n) is 1.61. The Labute approximate surface area is 105 Å². The van der Waals surface area contributed by atoms with Crippen molar-refractivity contribution in [2.45, 2.75) is 19.4 Å². The van der Waals surface area contributed by atoms with E-state index in [0.717, 1.165) is 22.7 Å². The summed E-state index contributed by atoms with van der Waals surface area (Å²) >= 11 is 1.69. The second kappa shape index (κ2) is 5.29. The standard InChI is InChI=1S/C13H16N2OS/c1-9(14)6-12-8-15-13(17-12)10-4-3-5-11(7-10)16-2/h3-5,7-9H,6,14H2,1-2H3. The summed E-state index contributed by atoms with van der Waals surface area (Å²) in [5, 5.41) is 1.01. The van der Waals surface area contributed by atoms with E-state index in [1.807, 2.05) is 37.4 Å². The van der Waals surface area contributed by atoms with Crippen molar-refractivity contribution in [3.63, 3.8) is 0 Å². The first-order valence-electron chi connectivity index (χ1n) is 5.53. The second-order valence-corrected chi connectivity index (χ2v) is 5.16. The van der Waals surface area contributed by atoms with E-state index >= 15 is 0 Å². The summed E-state index contributed by atoms with van der Waals surface area (Å²) in [6.45, 7) is 2.00. The first-order valence-corrected chi connectivity index (χ1v) is 6.35. The number of ether oxygens (including phenoxy) is 1. The first-order chi connectivity index (χ1) is 8.19. The zero-order valence-electron chi connectivity index (χ0n) is 10.0. The summed E-state index contributed by atoms with van der Waals surface area (Å²) in [7, 11) is 1.67. The predicted molar refractivity (Wildman–Crippen MR) is 71.5 cm³/mol. The molecule has 0 fully saturated rings. The number of thiazole rings is 1. The van der Waals surface area contributed by atoms with Crippen molar-refractivity contribution >= 4 is 11.3 Å². The van der Waals surface area contributed by atoms with Crippen LogP contribution >= 0.6 is 11.3 Å². The van der Waals surface area contributed by atoms with E-state index in [-0.39, 0.29) is 6.04 Å². The molecule has 0 amide bonds. The Balaban J connectivity index is 2.24. The topological polar surface area (TPSA) is 48.1 Å². The molecule has 2 aromatic rings. The lowest BCUT2D eigenvalue weighted by atomic mass is 10.2. The lowest BCUT2D eigenvalue weighted by Gasteiger charge is -2.01. The number of aromatic nitrogens is 1. The van der Waals surface area contributed by atoms with Crippen molar-refractivity contribution in [3.8, 4) is 16.3 Å². The van der Waals surface area contributed by atoms with Gasteiger partial charge in [0.25, 0.3) is 0 Å². The highest BCUT2D eigenvalue weighted by Crippen LogP contribution is 2.28. The number of methoxy groups -OCH3 is 1. The quantitative estimate of drug-likeness (QED) is 0.905. The number of hydrogen-bond donors (Lipinski definition) is 1. The predicted octanol–water partition coefficient (Wildman–Crippen LogP) is 2.71. The van der Waals surface area contributed by atoms with Crippen LogP contribution in [0.1, 0.15) is 11.8 Å². The van der Waals surface area contributed by atoms with Crippen LogP contribution in [0.3, 0.4) is 0 Å². The van der Waals surface area contributed by atoms with Gasteiger partial charge in [-0.3, -0.25) is 0 Å². The van der Waals surface area contributed by atoms with E-state index in [4.69, 9.17) is 10.5 Å². The van der Waals surface area contributed by atoms with Gasteiger partial charge in [0, 0.05) is 22.7 Å². The lowest BCUT2D eigenvalue weighted by molar-refractivity contribution is 0.415. The molecule has 0 spiro atoms. The molecule has 0 bridgehead atoms. The number of hydrogen-bond acceptors (Lipinski definition) is 4. The maximum Gasteiger partial charge on any atom is 0.123 e. The largest absolute Gasteiger partial charge is 0.497 e. The van der Waals surface area contributed by atoms with Gasteiger partial charge in [-0.2, -0.15) is 0 Å². The van der Waals surface area contributed by atoms with Gasteiger partial charge in [0.05, 0.1) is 7.11 Å². The highest BCUT2D eigenvalue weighted by Gasteiger charge is 2.07. The fraction of sp³-hybridized carbons (Fsp3) is 0.308. The van der Waals surface area contributed by atoms with Gasteiger partial charge in [-0.25, -0.2) is 4.98 Å². The van der Waals surface area contributed by atoms with Crippen LogP contribution in [0.2, 0.25) is 0 Å². The Morgan fingerprint density at radius 1 is 1.47 bits per heavy atom. The molecule has 2 rings (SSSR count). The number of benzene rings is 1. The summed E-state index contributed by atoms with van der Waals surface area (Å²) in [5.74, 6) is 0.853. The second-order valence-electron chi connectivity index (χ2n) is 4.05. The van der Waals surface area contributed by atoms with Gasteiger partial charge < -0.3 is 10.5 Å². The van der Waals surface area contributed by atoms with Crippen molar-refractivity contribution in [1.29, 1.82) is 0 Å². The van der Waals surface area contributed by atoms with Crippen LogP contribution in [0, 0.1) is 0 Å². The molecular weight excluding hydrogens is 232 g/mol. The molecule has 0 aliphatic heterocycles. The van der Waals surface area contributed by atoms with Crippen LogP contribution < -0.4 is 10.5 Å². The molecule has 3 nitrogen and oxygen atoms in total. The molecule has 0 saturated heterocycles. The van der Waals surface area contributed by atoms with E-state index in [0.29, 0.717) is 0 Å². The molecule has 1 atom stereocenters. The smallest absolute Gasteiger partial charge is 0.123 e. The minimum Gasteiger partial charge on any atom is -0.497 e. The van der Waals surface area contributed by atoms with E-state index < -0.39 is 0 Å². The van der Waals surface area contributed by atoms with Gasteiger partial charge in [-0.1, -0.05) is 12.1 Å². The summed E-state index contributed by atoms with van der Waals surface area (Å²) in [6.07, 6.45) is 2.78. The van der Waals surface area contributed by atoms with Gasteiger partial charge in [-0.15, -0.1) is 11.3 Å². The Morgan fingerprint density at radius 3 is 3.00 bits per heavy atom. The van der Waals surface area contributed by atoms with Crippen LogP contribution in [-0.2, 0) is 6.42 Å². The highest BCUT2D eigenvalue weighted by atomic mass is 32.1. The lowest BCUT2D eigenvalue weighted by Crippen LogP contribution is -2.16. The Bertz CT molecular complexity index is 494. The van der Waals surface area contributed by atoms with Crippen LogP contribution in [-0.4, -0.2) is 18.1 Å². The minimum absolute atomic E-state index is 0.175. The van der Waals surface area contributed by atoms with Crippen LogP contribution in [0.5, 0.6) is 5.75 Å². The first kappa shape index (κ1) is 12.1. The van der Waals surface area contributed by atoms with Crippen molar-refractivity contribution in [1.82, 2.24) is 4.98 Å². The van der Waals surface area contributed by atoms with Gasteiger partial charge in [0.15, 0.2) is 0 Å². The Kier molecular flexibility index (Phi) is 3.76. The van der Waals surface area contributed by atoms with Crippen molar-refractivity contribution in [2.75, 3.05) is 7.11 Å². The molecule has 1 aromatic heterocycles. The van der Waals surface area contributed by atoms with E-state index in [1.165, 1.54) is 4.88 Å². The van der Waals surface area contributed by atoms with Gasteiger partial charge in [0.1, 0.15) is 10.8 Å². The average Bonchev–Trinajstić information content (AvgIpc) is 2.77. The molecule has 1 heterocycles. The average molecular weight is 248 g/mol. The molecule has 4 heteroatoms. The number of rotatable bonds is 4. The van der Waals surface area contributed by atoms with E-state index in [9.17, 15) is 0 Å². The molecule has 90 valence electrons. The van der Waals surface area contributed by atoms with Crippen molar-refractivity contribution in [3.05, 3.63) is 35.3 Å². The van der Waals surface area contributed by atoms with Crippen LogP contribution in [0.4, 0.5) is 0 Å². The molecule has 0 saturated carbocycles. The number of nitrogens with zero attached hydrogens (tertiary/aromatic N) is 1. The van der Waals surface area contributed by atoms with Crippen LogP contribution in [0.15, 0.2) is 30.5 Å². The van der Waals surface area contributed by atoms with E-state index in [2.05, 4.69) is 4.98 Å². The summed E-state index contributed by atoms with van der Waals surface area (Å²) in [5.41, 5.74) is 6.87. The third-order valence-electron chi connectivity index (χ3n) is 2.39. The van der Waals surface area contributed by atoms with Crippen molar-refractivity contribution < 1.29 is 4.74 Å².